The molecular formula is C18H16O2. The Balaban J connectivity index is 2.25. The van der Waals surface area contributed by atoms with Gasteiger partial charge < -0.3 is 5.11 Å². The Kier molecular flexibility index (Phi) is 2.94. The van der Waals surface area contributed by atoms with Crippen LogP contribution in [0.1, 0.15) is 36.5 Å². The Morgan fingerprint density at radius 1 is 1.10 bits per heavy atom. The normalized spacial score (nSPS) is 17.2. The van der Waals surface area contributed by atoms with Crippen molar-refractivity contribution in [2.75, 3.05) is 0 Å². The monoisotopic (exact) mass is 264 g/mol. The first kappa shape index (κ1) is 12.7. The van der Waals surface area contributed by atoms with E-state index in [-0.39, 0.29) is 17.5 Å². The van der Waals surface area contributed by atoms with Crippen LogP contribution in [0.5, 0.6) is 5.75 Å². The van der Waals surface area contributed by atoms with Gasteiger partial charge in [-0.25, -0.2) is 0 Å². The van der Waals surface area contributed by atoms with Gasteiger partial charge in [0.2, 0.25) is 0 Å². The first-order chi connectivity index (χ1) is 9.59. The maximum absolute atomic E-state index is 12.0. The van der Waals surface area contributed by atoms with Crippen LogP contribution in [0.3, 0.4) is 0 Å². The summed E-state index contributed by atoms with van der Waals surface area (Å²) in [5, 5.41) is 9.71. The molecule has 0 saturated carbocycles. The van der Waals surface area contributed by atoms with Crippen molar-refractivity contribution in [3.8, 4) is 5.75 Å². The van der Waals surface area contributed by atoms with Gasteiger partial charge in [-0.05, 0) is 48.2 Å². The molecular weight excluding hydrogens is 248 g/mol. The van der Waals surface area contributed by atoms with Crippen LogP contribution in [0.25, 0.3) is 5.57 Å². The third-order valence-electron chi connectivity index (χ3n) is 3.93. The molecule has 0 aliphatic heterocycles. The highest BCUT2D eigenvalue weighted by molar-refractivity contribution is 6.22. The minimum Gasteiger partial charge on any atom is -0.508 e. The minimum atomic E-state index is 0.0489. The Morgan fingerprint density at radius 3 is 2.45 bits per heavy atom. The van der Waals surface area contributed by atoms with Crippen molar-refractivity contribution in [2.24, 2.45) is 0 Å². The number of ketones is 1. The summed E-state index contributed by atoms with van der Waals surface area (Å²) in [6, 6.07) is 15.5. The van der Waals surface area contributed by atoms with Crippen molar-refractivity contribution in [3.63, 3.8) is 0 Å². The standard InChI is InChI=1S/C18H16O2/c1-11-17(12(2)19)16-10-14(20)8-9-15(16)18(11)13-6-4-3-5-7-13/h3-10,18,20H,1-2H3. The molecule has 3 rings (SSSR count). The highest BCUT2D eigenvalue weighted by atomic mass is 16.3. The average molecular weight is 264 g/mol. The largest absolute Gasteiger partial charge is 0.508 e. The van der Waals surface area contributed by atoms with Crippen LogP contribution in [0.2, 0.25) is 0 Å². The minimum absolute atomic E-state index is 0.0489. The molecule has 2 nitrogen and oxygen atoms in total. The lowest BCUT2D eigenvalue weighted by Crippen LogP contribution is -1.99. The number of phenolic OH excluding ortho intramolecular Hbond substituents is 1. The number of aromatic hydroxyl groups is 1. The van der Waals surface area contributed by atoms with Crippen molar-refractivity contribution in [2.45, 2.75) is 19.8 Å². The third-order valence-corrected chi connectivity index (χ3v) is 3.93. The predicted molar refractivity (Wildman–Crippen MR) is 79.7 cm³/mol. The number of benzene rings is 2. The van der Waals surface area contributed by atoms with Gasteiger partial charge in [-0.3, -0.25) is 4.79 Å². The highest BCUT2D eigenvalue weighted by Crippen LogP contribution is 2.46. The lowest BCUT2D eigenvalue weighted by atomic mass is 9.89. The molecule has 1 N–H and O–H groups in total. The zero-order valence-corrected chi connectivity index (χ0v) is 11.6. The first-order valence-corrected chi connectivity index (χ1v) is 6.69. The van der Waals surface area contributed by atoms with Crippen molar-refractivity contribution < 1.29 is 9.90 Å². The number of allylic oxidation sites excluding steroid dienone is 2. The van der Waals surface area contributed by atoms with Crippen LogP contribution in [0, 0.1) is 0 Å². The molecule has 0 bridgehead atoms. The van der Waals surface area contributed by atoms with Gasteiger partial charge in [-0.2, -0.15) is 0 Å². The van der Waals surface area contributed by atoms with E-state index in [0.717, 1.165) is 22.3 Å². The van der Waals surface area contributed by atoms with Crippen molar-refractivity contribution in [3.05, 3.63) is 70.8 Å². The highest BCUT2D eigenvalue weighted by Gasteiger charge is 2.31. The van der Waals surface area contributed by atoms with Crippen molar-refractivity contribution in [1.82, 2.24) is 0 Å². The number of carbonyl (C=O) groups excluding carboxylic acids is 1. The van der Waals surface area contributed by atoms with Gasteiger partial charge in [0.05, 0.1) is 0 Å². The summed E-state index contributed by atoms with van der Waals surface area (Å²) in [6.07, 6.45) is 0. The molecule has 0 radical (unpaired) electrons. The first-order valence-electron chi connectivity index (χ1n) is 6.69. The number of fused-ring (bicyclic) bond motifs is 1. The molecule has 1 unspecified atom stereocenters. The molecule has 0 aromatic heterocycles. The fraction of sp³-hybridized carbons (Fsp3) is 0.167. The van der Waals surface area contributed by atoms with Crippen LogP contribution in [-0.2, 0) is 4.79 Å². The molecule has 0 saturated heterocycles. The molecule has 100 valence electrons. The van der Waals surface area contributed by atoms with Crippen LogP contribution < -0.4 is 0 Å². The number of hydrogen-bond acceptors (Lipinski definition) is 2. The fourth-order valence-corrected chi connectivity index (χ4v) is 3.14. The van der Waals surface area contributed by atoms with Crippen LogP contribution in [-0.4, -0.2) is 10.9 Å². The molecule has 0 fully saturated rings. The predicted octanol–water partition coefficient (Wildman–Crippen LogP) is 3.90. The second kappa shape index (κ2) is 4.64. The van der Waals surface area contributed by atoms with E-state index in [2.05, 4.69) is 12.1 Å². The topological polar surface area (TPSA) is 37.3 Å². The molecule has 0 heterocycles. The van der Waals surface area contributed by atoms with Crippen molar-refractivity contribution >= 4 is 11.4 Å². The van der Waals surface area contributed by atoms with Gasteiger partial charge in [-0.1, -0.05) is 36.4 Å². The summed E-state index contributed by atoms with van der Waals surface area (Å²) < 4.78 is 0. The SMILES string of the molecule is CC(=O)C1=C(C)C(c2ccccc2)c2ccc(O)cc21. The summed E-state index contributed by atoms with van der Waals surface area (Å²) in [5.74, 6) is 0.350. The number of hydrogen-bond donors (Lipinski definition) is 1. The molecule has 2 heteroatoms. The van der Waals surface area contributed by atoms with Gasteiger partial charge >= 0.3 is 0 Å². The maximum atomic E-state index is 12.0. The Hall–Kier alpha value is -2.35. The molecule has 1 atom stereocenters. The quantitative estimate of drug-likeness (QED) is 0.893. The van der Waals surface area contributed by atoms with Crippen LogP contribution >= 0.6 is 0 Å². The number of carbonyl (C=O) groups is 1. The second-order valence-corrected chi connectivity index (χ2v) is 5.23. The average Bonchev–Trinajstić information content (AvgIpc) is 2.71. The van der Waals surface area contributed by atoms with E-state index in [9.17, 15) is 9.90 Å². The van der Waals surface area contributed by atoms with E-state index >= 15 is 0 Å². The summed E-state index contributed by atoms with van der Waals surface area (Å²) in [6.45, 7) is 3.59. The molecule has 20 heavy (non-hydrogen) atoms. The number of phenols is 1. The van der Waals surface area contributed by atoms with Gasteiger partial charge in [0.1, 0.15) is 5.75 Å². The second-order valence-electron chi connectivity index (χ2n) is 5.23. The fourth-order valence-electron chi connectivity index (χ4n) is 3.14. The Bertz CT molecular complexity index is 711. The third kappa shape index (κ3) is 1.85. The van der Waals surface area contributed by atoms with Gasteiger partial charge in [0.25, 0.3) is 0 Å². The molecule has 1 aliphatic rings. The summed E-state index contributed by atoms with van der Waals surface area (Å²) in [5.41, 5.74) is 4.93. The van der Waals surface area contributed by atoms with E-state index < -0.39 is 0 Å². The summed E-state index contributed by atoms with van der Waals surface area (Å²) in [7, 11) is 0. The molecule has 0 amide bonds. The van der Waals surface area contributed by atoms with E-state index in [0.29, 0.717) is 0 Å². The molecule has 2 aromatic rings. The Morgan fingerprint density at radius 2 is 1.80 bits per heavy atom. The van der Waals surface area contributed by atoms with E-state index in [1.54, 1.807) is 19.1 Å². The van der Waals surface area contributed by atoms with Gasteiger partial charge in [0, 0.05) is 11.5 Å². The lowest BCUT2D eigenvalue weighted by molar-refractivity contribution is -0.111. The zero-order chi connectivity index (χ0) is 14.3. The van der Waals surface area contributed by atoms with Gasteiger partial charge in [0.15, 0.2) is 5.78 Å². The Labute approximate surface area is 118 Å². The van der Waals surface area contributed by atoms with E-state index in [1.165, 1.54) is 5.56 Å². The van der Waals surface area contributed by atoms with Crippen LogP contribution in [0.4, 0.5) is 0 Å². The maximum Gasteiger partial charge on any atom is 0.160 e. The summed E-state index contributed by atoms with van der Waals surface area (Å²) in [4.78, 5) is 12.0. The van der Waals surface area contributed by atoms with Crippen LogP contribution in [0.15, 0.2) is 54.1 Å². The summed E-state index contributed by atoms with van der Waals surface area (Å²) >= 11 is 0. The number of Topliss-reactive ketones (excluding diaryl/α,β-unsaturated/α-hetero) is 1. The molecule has 1 aliphatic carbocycles. The lowest BCUT2D eigenvalue weighted by Gasteiger charge is -2.14. The number of rotatable bonds is 2. The molecule has 2 aromatic carbocycles. The zero-order valence-electron chi connectivity index (χ0n) is 11.6. The smallest absolute Gasteiger partial charge is 0.160 e. The van der Waals surface area contributed by atoms with E-state index in [1.807, 2.05) is 31.2 Å². The van der Waals surface area contributed by atoms with Gasteiger partial charge in [-0.15, -0.1) is 0 Å². The van der Waals surface area contributed by atoms with E-state index in [4.69, 9.17) is 0 Å². The van der Waals surface area contributed by atoms with Crippen molar-refractivity contribution in [1.29, 1.82) is 0 Å². The molecule has 0 spiro atoms.